The summed E-state index contributed by atoms with van der Waals surface area (Å²) in [6.45, 7) is 3.70. The lowest BCUT2D eigenvalue weighted by Gasteiger charge is -2.17. The van der Waals surface area contributed by atoms with Crippen LogP contribution in [-0.2, 0) is 19.1 Å². The van der Waals surface area contributed by atoms with E-state index in [1.54, 1.807) is 0 Å². The summed E-state index contributed by atoms with van der Waals surface area (Å²) in [6.07, 6.45) is 0.900. The van der Waals surface area contributed by atoms with E-state index in [0.29, 0.717) is 12.8 Å². The molecule has 0 aliphatic carbocycles. The van der Waals surface area contributed by atoms with Crippen LogP contribution < -0.4 is 5.32 Å². The van der Waals surface area contributed by atoms with Gasteiger partial charge in [-0.15, -0.1) is 0 Å². The minimum Gasteiger partial charge on any atom is -0.480 e. The summed E-state index contributed by atoms with van der Waals surface area (Å²) >= 11 is 0. The van der Waals surface area contributed by atoms with E-state index in [0.717, 1.165) is 0 Å². The van der Waals surface area contributed by atoms with Crippen LogP contribution in [0, 0.1) is 5.92 Å². The second-order valence-corrected chi connectivity index (χ2v) is 3.69. The first-order chi connectivity index (χ1) is 7.96. The zero-order valence-electron chi connectivity index (χ0n) is 10.4. The van der Waals surface area contributed by atoms with Gasteiger partial charge in [0.1, 0.15) is 6.04 Å². The van der Waals surface area contributed by atoms with Crippen LogP contribution in [0.15, 0.2) is 0 Å². The molecule has 0 aromatic carbocycles. The molecule has 0 aliphatic heterocycles. The van der Waals surface area contributed by atoms with Crippen molar-refractivity contribution in [2.24, 2.45) is 5.92 Å². The van der Waals surface area contributed by atoms with Gasteiger partial charge in [0.05, 0.1) is 13.5 Å². The monoisotopic (exact) mass is 245 g/mol. The molecule has 1 atom stereocenters. The molecule has 0 aromatic rings. The normalized spacial score (nSPS) is 12.0. The molecule has 0 fully saturated rings. The molecule has 0 saturated heterocycles. The molecule has 0 bridgehead atoms. The highest BCUT2D eigenvalue weighted by molar-refractivity contribution is 5.88. The maximum Gasteiger partial charge on any atom is 0.326 e. The van der Waals surface area contributed by atoms with Gasteiger partial charge in [-0.1, -0.05) is 13.8 Å². The Labute approximate surface area is 100 Å². The van der Waals surface area contributed by atoms with Gasteiger partial charge >= 0.3 is 11.9 Å². The molecule has 0 aliphatic rings. The lowest BCUT2D eigenvalue weighted by atomic mass is 10.0. The lowest BCUT2D eigenvalue weighted by molar-refractivity contribution is -0.149. The number of nitrogens with one attached hydrogen (secondary N) is 1. The van der Waals surface area contributed by atoms with Crippen molar-refractivity contribution in [3.05, 3.63) is 0 Å². The number of hydrogen-bond acceptors (Lipinski definition) is 4. The van der Waals surface area contributed by atoms with Gasteiger partial charge in [-0.05, 0) is 12.8 Å². The third-order valence-corrected chi connectivity index (χ3v) is 2.57. The largest absolute Gasteiger partial charge is 0.480 e. The average molecular weight is 245 g/mol. The van der Waals surface area contributed by atoms with Gasteiger partial charge in [0, 0.05) is 5.92 Å². The summed E-state index contributed by atoms with van der Waals surface area (Å²) in [5, 5.41) is 11.2. The van der Waals surface area contributed by atoms with Gasteiger partial charge in [0.2, 0.25) is 5.91 Å². The number of ether oxygens (including phenoxy) is 1. The predicted octanol–water partition coefficient (Wildman–Crippen LogP) is 0.555. The van der Waals surface area contributed by atoms with Crippen molar-refractivity contribution in [1.82, 2.24) is 5.32 Å². The zero-order valence-corrected chi connectivity index (χ0v) is 10.4. The highest BCUT2D eigenvalue weighted by Crippen LogP contribution is 2.08. The predicted molar refractivity (Wildman–Crippen MR) is 60.3 cm³/mol. The molecule has 6 heteroatoms. The third-order valence-electron chi connectivity index (χ3n) is 2.57. The number of carbonyl (C=O) groups excluding carboxylic acids is 2. The first kappa shape index (κ1) is 15.4. The van der Waals surface area contributed by atoms with Crippen LogP contribution >= 0.6 is 0 Å². The number of amides is 1. The van der Waals surface area contributed by atoms with Crippen LogP contribution in [0.1, 0.15) is 33.1 Å². The van der Waals surface area contributed by atoms with E-state index >= 15 is 0 Å². The summed E-state index contributed by atoms with van der Waals surface area (Å²) in [5.74, 6) is -2.47. The maximum atomic E-state index is 11.7. The van der Waals surface area contributed by atoms with Crippen molar-refractivity contribution < 1.29 is 24.2 Å². The number of rotatable bonds is 7. The molecule has 6 nitrogen and oxygen atoms in total. The minimum absolute atomic E-state index is 0.227. The van der Waals surface area contributed by atoms with Crippen LogP contribution in [0.4, 0.5) is 0 Å². The second kappa shape index (κ2) is 7.65. The van der Waals surface area contributed by atoms with Crippen LogP contribution in [0.3, 0.4) is 0 Å². The fourth-order valence-electron chi connectivity index (χ4n) is 1.40. The van der Waals surface area contributed by atoms with Gasteiger partial charge in [0.15, 0.2) is 0 Å². The Morgan fingerprint density at radius 1 is 1.24 bits per heavy atom. The quantitative estimate of drug-likeness (QED) is 0.639. The molecule has 0 saturated carbocycles. The zero-order chi connectivity index (χ0) is 13.4. The third kappa shape index (κ3) is 5.33. The van der Waals surface area contributed by atoms with Crippen molar-refractivity contribution >= 4 is 17.8 Å². The molecular weight excluding hydrogens is 226 g/mol. The smallest absolute Gasteiger partial charge is 0.326 e. The molecular formula is C11H19NO5. The van der Waals surface area contributed by atoms with Crippen LogP contribution in [0.2, 0.25) is 0 Å². The Hall–Kier alpha value is -1.59. The number of methoxy groups -OCH3 is 1. The number of esters is 1. The fraction of sp³-hybridized carbons (Fsp3) is 0.727. The lowest BCUT2D eigenvalue weighted by Crippen LogP contribution is -2.44. The number of carboxylic acids is 1. The van der Waals surface area contributed by atoms with Gasteiger partial charge < -0.3 is 15.2 Å². The standard InChI is InChI=1S/C11H19NO5/c1-4-7(5-2)10(14)12-8(11(15)16)6-9(13)17-3/h7-8H,4-6H2,1-3H3,(H,12,14)(H,15,16)/t8-/m0/s1. The average Bonchev–Trinajstić information content (AvgIpc) is 2.29. The Kier molecular flexibility index (Phi) is 6.93. The van der Waals surface area contributed by atoms with E-state index in [2.05, 4.69) is 10.1 Å². The summed E-state index contributed by atoms with van der Waals surface area (Å²) in [6, 6.07) is -1.23. The molecule has 98 valence electrons. The molecule has 1 amide bonds. The van der Waals surface area contributed by atoms with Crippen LogP contribution in [0.5, 0.6) is 0 Å². The summed E-state index contributed by atoms with van der Waals surface area (Å²) in [5.41, 5.74) is 0. The number of hydrogen-bond donors (Lipinski definition) is 2. The van der Waals surface area contributed by atoms with Crippen molar-refractivity contribution in [3.8, 4) is 0 Å². The molecule has 0 unspecified atom stereocenters. The van der Waals surface area contributed by atoms with E-state index in [4.69, 9.17) is 5.11 Å². The van der Waals surface area contributed by atoms with Crippen molar-refractivity contribution in [2.75, 3.05) is 7.11 Å². The first-order valence-corrected chi connectivity index (χ1v) is 5.56. The molecule has 0 aromatic heterocycles. The highest BCUT2D eigenvalue weighted by atomic mass is 16.5. The minimum atomic E-state index is -1.24. The number of aliphatic carboxylic acids is 1. The molecule has 0 spiro atoms. The summed E-state index contributed by atoms with van der Waals surface area (Å²) in [7, 11) is 1.17. The highest BCUT2D eigenvalue weighted by Gasteiger charge is 2.26. The molecule has 0 rings (SSSR count). The Balaban J connectivity index is 4.49. The van der Waals surface area contributed by atoms with E-state index in [1.165, 1.54) is 7.11 Å². The first-order valence-electron chi connectivity index (χ1n) is 5.56. The van der Waals surface area contributed by atoms with E-state index in [-0.39, 0.29) is 18.2 Å². The van der Waals surface area contributed by atoms with Crippen LogP contribution in [0.25, 0.3) is 0 Å². The topological polar surface area (TPSA) is 92.7 Å². The molecule has 0 heterocycles. The van der Waals surface area contributed by atoms with Crippen molar-refractivity contribution in [3.63, 3.8) is 0 Å². The van der Waals surface area contributed by atoms with Crippen molar-refractivity contribution in [1.29, 1.82) is 0 Å². The molecule has 2 N–H and O–H groups in total. The van der Waals surface area contributed by atoms with E-state index in [9.17, 15) is 14.4 Å². The molecule has 17 heavy (non-hydrogen) atoms. The maximum absolute atomic E-state index is 11.7. The Morgan fingerprint density at radius 3 is 2.12 bits per heavy atom. The van der Waals surface area contributed by atoms with Gasteiger partial charge in [-0.2, -0.15) is 0 Å². The van der Waals surface area contributed by atoms with Gasteiger partial charge in [0.25, 0.3) is 0 Å². The summed E-state index contributed by atoms with van der Waals surface area (Å²) < 4.78 is 4.37. The van der Waals surface area contributed by atoms with E-state index < -0.39 is 18.0 Å². The van der Waals surface area contributed by atoms with Gasteiger partial charge in [-0.25, -0.2) is 4.79 Å². The van der Waals surface area contributed by atoms with Crippen molar-refractivity contribution in [2.45, 2.75) is 39.2 Å². The molecule has 0 radical (unpaired) electrons. The second-order valence-electron chi connectivity index (χ2n) is 3.69. The van der Waals surface area contributed by atoms with Gasteiger partial charge in [-0.3, -0.25) is 9.59 Å². The number of carbonyl (C=O) groups is 3. The Morgan fingerprint density at radius 2 is 1.76 bits per heavy atom. The van der Waals surface area contributed by atoms with E-state index in [1.807, 2.05) is 13.8 Å². The summed E-state index contributed by atoms with van der Waals surface area (Å²) in [4.78, 5) is 33.5. The SMILES string of the molecule is CCC(CC)C(=O)N[C@@H](CC(=O)OC)C(=O)O. The number of carboxylic acid groups (broad SMARTS) is 1. The van der Waals surface area contributed by atoms with Crippen LogP contribution in [-0.4, -0.2) is 36.1 Å². The Bertz CT molecular complexity index is 286. The fourth-order valence-corrected chi connectivity index (χ4v) is 1.40.